The van der Waals surface area contributed by atoms with Crippen molar-refractivity contribution in [2.45, 2.75) is 19.1 Å². The van der Waals surface area contributed by atoms with Crippen LogP contribution in [-0.2, 0) is 12.2 Å². The minimum Gasteiger partial charge on any atom is -0.384 e. The quantitative estimate of drug-likeness (QED) is 0.917. The first-order chi connectivity index (χ1) is 8.86. The Morgan fingerprint density at radius 1 is 1.44 bits per heavy atom. The number of hydrogen-bond acceptors (Lipinski definition) is 5. The first kappa shape index (κ1) is 11.6. The second kappa shape index (κ2) is 5.02. The molecule has 0 saturated heterocycles. The number of hydrogen-bond donors (Lipinski definition) is 1. The van der Waals surface area contributed by atoms with Crippen LogP contribution in [0.25, 0.3) is 11.5 Å². The summed E-state index contributed by atoms with van der Waals surface area (Å²) in [7, 11) is 0. The van der Waals surface area contributed by atoms with Crippen molar-refractivity contribution in [3.8, 4) is 11.5 Å². The van der Waals surface area contributed by atoms with E-state index in [9.17, 15) is 0 Å². The van der Waals surface area contributed by atoms with Crippen LogP contribution >= 0.6 is 11.8 Å². The van der Waals surface area contributed by atoms with Crippen molar-refractivity contribution in [1.82, 2.24) is 10.1 Å². The summed E-state index contributed by atoms with van der Waals surface area (Å²) >= 11 is 1.79. The van der Waals surface area contributed by atoms with Gasteiger partial charge in [-0.2, -0.15) is 16.7 Å². The van der Waals surface area contributed by atoms with Gasteiger partial charge in [0.1, 0.15) is 0 Å². The molecule has 0 radical (unpaired) electrons. The van der Waals surface area contributed by atoms with Gasteiger partial charge in [0.15, 0.2) is 5.82 Å². The topological polar surface area (TPSA) is 51.0 Å². The molecule has 1 aliphatic heterocycles. The third kappa shape index (κ3) is 2.22. The smallest absolute Gasteiger partial charge is 0.258 e. The number of nitrogens with zero attached hydrogens (tertiary/aromatic N) is 2. The van der Waals surface area contributed by atoms with E-state index in [0.717, 1.165) is 35.9 Å². The zero-order valence-corrected chi connectivity index (χ0v) is 11.1. The average molecular weight is 261 g/mol. The molecule has 1 N–H and O–H groups in total. The Bertz CT molecular complexity index is 553. The molecule has 0 fully saturated rings. The zero-order chi connectivity index (χ0) is 12.4. The lowest BCUT2D eigenvalue weighted by Gasteiger charge is -2.00. The van der Waals surface area contributed by atoms with Crippen LogP contribution in [0.15, 0.2) is 22.7 Å². The van der Waals surface area contributed by atoms with E-state index in [1.165, 1.54) is 11.3 Å². The number of rotatable bonds is 4. The summed E-state index contributed by atoms with van der Waals surface area (Å²) < 4.78 is 5.31. The molecule has 0 amide bonds. The Balaban J connectivity index is 1.83. The van der Waals surface area contributed by atoms with Gasteiger partial charge in [-0.3, -0.25) is 0 Å². The summed E-state index contributed by atoms with van der Waals surface area (Å²) in [6, 6.07) is 6.28. The van der Waals surface area contributed by atoms with Crippen LogP contribution in [0.1, 0.15) is 18.3 Å². The van der Waals surface area contributed by atoms with Gasteiger partial charge in [-0.25, -0.2) is 0 Å². The number of nitrogens with one attached hydrogen (secondary N) is 1. The van der Waals surface area contributed by atoms with E-state index in [0.29, 0.717) is 5.89 Å². The van der Waals surface area contributed by atoms with Crippen LogP contribution in [0.3, 0.4) is 0 Å². The molecule has 3 rings (SSSR count). The molecule has 18 heavy (non-hydrogen) atoms. The number of aromatic nitrogens is 2. The van der Waals surface area contributed by atoms with E-state index in [1.54, 1.807) is 11.8 Å². The van der Waals surface area contributed by atoms with E-state index < -0.39 is 0 Å². The third-order valence-corrected chi connectivity index (χ3v) is 3.84. The molecular formula is C13H15N3OS. The van der Waals surface area contributed by atoms with Crippen LogP contribution in [0.4, 0.5) is 5.69 Å². The van der Waals surface area contributed by atoms with Gasteiger partial charge in [0, 0.05) is 17.8 Å². The highest BCUT2D eigenvalue weighted by Crippen LogP contribution is 2.28. The SMILES string of the molecule is CCSCc1noc(-c2ccc3c(c2)NCC3)n1. The molecule has 94 valence electrons. The lowest BCUT2D eigenvalue weighted by Crippen LogP contribution is -1.91. The maximum Gasteiger partial charge on any atom is 0.258 e. The fraction of sp³-hybridized carbons (Fsp3) is 0.385. The largest absolute Gasteiger partial charge is 0.384 e. The molecule has 0 spiro atoms. The molecule has 1 aromatic heterocycles. The van der Waals surface area contributed by atoms with E-state index in [1.807, 2.05) is 0 Å². The highest BCUT2D eigenvalue weighted by molar-refractivity contribution is 7.98. The van der Waals surface area contributed by atoms with Crippen molar-refractivity contribution in [3.63, 3.8) is 0 Å². The second-order valence-electron chi connectivity index (χ2n) is 4.20. The summed E-state index contributed by atoms with van der Waals surface area (Å²) in [5, 5.41) is 7.35. The van der Waals surface area contributed by atoms with Gasteiger partial charge >= 0.3 is 0 Å². The molecule has 5 heteroatoms. The highest BCUT2D eigenvalue weighted by Gasteiger charge is 2.14. The summed E-state index contributed by atoms with van der Waals surface area (Å²) in [6.45, 7) is 3.14. The molecule has 4 nitrogen and oxygen atoms in total. The van der Waals surface area contributed by atoms with Crippen molar-refractivity contribution in [2.24, 2.45) is 0 Å². The molecule has 0 unspecified atom stereocenters. The molecule has 0 atom stereocenters. The van der Waals surface area contributed by atoms with Crippen molar-refractivity contribution < 1.29 is 4.52 Å². The molecule has 1 aromatic carbocycles. The normalized spacial score (nSPS) is 13.4. The van der Waals surface area contributed by atoms with Crippen LogP contribution in [0.5, 0.6) is 0 Å². The number of thioether (sulfide) groups is 1. The van der Waals surface area contributed by atoms with Crippen molar-refractivity contribution in [3.05, 3.63) is 29.6 Å². The Hall–Kier alpha value is -1.49. The van der Waals surface area contributed by atoms with Gasteiger partial charge in [0.25, 0.3) is 5.89 Å². The minimum atomic E-state index is 0.609. The van der Waals surface area contributed by atoms with Gasteiger partial charge in [-0.05, 0) is 29.9 Å². The van der Waals surface area contributed by atoms with Crippen LogP contribution in [0.2, 0.25) is 0 Å². The highest BCUT2D eigenvalue weighted by atomic mass is 32.2. The van der Waals surface area contributed by atoms with E-state index in [4.69, 9.17) is 4.52 Å². The molecule has 2 aromatic rings. The Labute approximate surface area is 110 Å². The standard InChI is InChI=1S/C13H15N3OS/c1-2-18-8-12-15-13(17-16-12)10-4-3-9-5-6-14-11(9)7-10/h3-4,7,14H,2,5-6,8H2,1H3. The second-order valence-corrected chi connectivity index (χ2v) is 5.48. The first-order valence-electron chi connectivity index (χ1n) is 6.14. The fourth-order valence-corrected chi connectivity index (χ4v) is 2.55. The number of anilines is 1. The van der Waals surface area contributed by atoms with Crippen molar-refractivity contribution in [1.29, 1.82) is 0 Å². The summed E-state index contributed by atoms with van der Waals surface area (Å²) in [4.78, 5) is 4.42. The van der Waals surface area contributed by atoms with Gasteiger partial charge in [0.2, 0.25) is 0 Å². The summed E-state index contributed by atoms with van der Waals surface area (Å²) in [5.74, 6) is 3.25. The first-order valence-corrected chi connectivity index (χ1v) is 7.30. The van der Waals surface area contributed by atoms with E-state index in [2.05, 4.69) is 40.6 Å². The average Bonchev–Trinajstić information content (AvgIpc) is 3.04. The molecule has 1 aliphatic rings. The monoisotopic (exact) mass is 261 g/mol. The van der Waals surface area contributed by atoms with Gasteiger partial charge < -0.3 is 9.84 Å². The van der Waals surface area contributed by atoms with Crippen LogP contribution < -0.4 is 5.32 Å². The predicted octanol–water partition coefficient (Wildman–Crippen LogP) is 2.96. The maximum atomic E-state index is 5.31. The molecule has 0 bridgehead atoms. The van der Waals surface area contributed by atoms with Gasteiger partial charge in [-0.1, -0.05) is 18.1 Å². The summed E-state index contributed by atoms with van der Waals surface area (Å²) in [5.41, 5.74) is 3.54. The molecule has 0 aliphatic carbocycles. The molecular weight excluding hydrogens is 246 g/mol. The Kier molecular flexibility index (Phi) is 3.23. The van der Waals surface area contributed by atoms with Crippen LogP contribution in [-0.4, -0.2) is 22.4 Å². The van der Waals surface area contributed by atoms with Crippen LogP contribution in [0, 0.1) is 0 Å². The zero-order valence-electron chi connectivity index (χ0n) is 10.3. The maximum absolute atomic E-state index is 5.31. The lowest BCUT2D eigenvalue weighted by molar-refractivity contribution is 0.425. The molecule has 2 heterocycles. The van der Waals surface area contributed by atoms with Crippen molar-refractivity contribution >= 4 is 17.4 Å². The minimum absolute atomic E-state index is 0.609. The predicted molar refractivity (Wildman–Crippen MR) is 73.8 cm³/mol. The van der Waals surface area contributed by atoms with Crippen molar-refractivity contribution in [2.75, 3.05) is 17.6 Å². The Morgan fingerprint density at radius 2 is 2.39 bits per heavy atom. The lowest BCUT2D eigenvalue weighted by atomic mass is 10.1. The fourth-order valence-electron chi connectivity index (χ4n) is 2.05. The van der Waals surface area contributed by atoms with Gasteiger partial charge in [0.05, 0.1) is 5.75 Å². The summed E-state index contributed by atoms with van der Waals surface area (Å²) in [6.07, 6.45) is 1.10. The third-order valence-electron chi connectivity index (χ3n) is 2.97. The van der Waals surface area contributed by atoms with E-state index >= 15 is 0 Å². The number of benzene rings is 1. The van der Waals surface area contributed by atoms with E-state index in [-0.39, 0.29) is 0 Å². The Morgan fingerprint density at radius 3 is 3.28 bits per heavy atom. The molecule has 0 saturated carbocycles. The van der Waals surface area contributed by atoms with Gasteiger partial charge in [-0.15, -0.1) is 0 Å². The number of fused-ring (bicyclic) bond motifs is 1.